The molecule has 0 fully saturated rings. The number of nitrogens with zero attached hydrogens (tertiary/aromatic N) is 2. The quantitative estimate of drug-likeness (QED) is 0.684. The highest BCUT2D eigenvalue weighted by Gasteiger charge is 2.22. The number of aromatic nitrogens is 1. The van der Waals surface area contributed by atoms with Gasteiger partial charge in [0.2, 0.25) is 0 Å². The molecule has 106 valence electrons. The van der Waals surface area contributed by atoms with Crippen LogP contribution in [0.15, 0.2) is 28.9 Å². The van der Waals surface area contributed by atoms with Crippen LogP contribution in [0.5, 0.6) is 0 Å². The van der Waals surface area contributed by atoms with Gasteiger partial charge in [0.25, 0.3) is 5.69 Å². The van der Waals surface area contributed by atoms with Gasteiger partial charge in [-0.05, 0) is 24.1 Å². The van der Waals surface area contributed by atoms with Gasteiger partial charge in [0.05, 0.1) is 16.5 Å². The molecule has 20 heavy (non-hydrogen) atoms. The minimum atomic E-state index is -0.627. The fourth-order valence-electron chi connectivity index (χ4n) is 2.03. The van der Waals surface area contributed by atoms with Crippen molar-refractivity contribution in [2.24, 2.45) is 5.92 Å². The Bertz CT molecular complexity index is 658. The monoisotopic (exact) mass is 338 g/mol. The van der Waals surface area contributed by atoms with Crippen LogP contribution < -0.4 is 0 Å². The zero-order valence-electron chi connectivity index (χ0n) is 11.2. The molecule has 1 aromatic heterocycles. The maximum Gasteiger partial charge on any atom is 0.291 e. The zero-order chi connectivity index (χ0) is 14.9. The van der Waals surface area contributed by atoms with E-state index < -0.39 is 11.0 Å². The van der Waals surface area contributed by atoms with Crippen LogP contribution in [0.25, 0.3) is 10.9 Å². The van der Waals surface area contributed by atoms with E-state index in [0.717, 1.165) is 4.47 Å². The molecule has 2 rings (SSSR count). The number of halogens is 1. The van der Waals surface area contributed by atoms with Crippen molar-refractivity contribution in [1.82, 2.24) is 4.98 Å². The lowest BCUT2D eigenvalue weighted by molar-refractivity contribution is -0.385. The number of hydrogen-bond acceptors (Lipinski definition) is 4. The average Bonchev–Trinajstić information content (AvgIpc) is 2.38. The third kappa shape index (κ3) is 2.96. The second-order valence-corrected chi connectivity index (χ2v) is 5.97. The van der Waals surface area contributed by atoms with E-state index in [4.69, 9.17) is 0 Å². The van der Waals surface area contributed by atoms with E-state index in [2.05, 4.69) is 20.9 Å². The van der Waals surface area contributed by atoms with Crippen LogP contribution in [0.4, 0.5) is 5.69 Å². The molecule has 0 aliphatic carbocycles. The molecule has 0 saturated carbocycles. The third-order valence-electron chi connectivity index (χ3n) is 3.30. The average molecular weight is 339 g/mol. The van der Waals surface area contributed by atoms with E-state index in [1.165, 1.54) is 6.20 Å². The maximum atomic E-state index is 11.2. The smallest absolute Gasteiger partial charge is 0.291 e. The van der Waals surface area contributed by atoms with Crippen molar-refractivity contribution in [2.75, 3.05) is 0 Å². The summed E-state index contributed by atoms with van der Waals surface area (Å²) in [7, 11) is 0. The topological polar surface area (TPSA) is 76.3 Å². The Morgan fingerprint density at radius 3 is 2.75 bits per heavy atom. The number of pyridine rings is 1. The van der Waals surface area contributed by atoms with Crippen molar-refractivity contribution in [2.45, 2.75) is 26.4 Å². The van der Waals surface area contributed by atoms with Crippen LogP contribution in [-0.2, 0) is 6.42 Å². The highest BCUT2D eigenvalue weighted by atomic mass is 79.9. The molecule has 5 nitrogen and oxygen atoms in total. The molecule has 0 saturated heterocycles. The molecule has 2 aromatic rings. The summed E-state index contributed by atoms with van der Waals surface area (Å²) in [5.74, 6) is 0.0324. The van der Waals surface area contributed by atoms with E-state index in [9.17, 15) is 15.2 Å². The first kappa shape index (κ1) is 14.9. The van der Waals surface area contributed by atoms with Crippen molar-refractivity contribution in [3.8, 4) is 0 Å². The van der Waals surface area contributed by atoms with Gasteiger partial charge in [0.15, 0.2) is 0 Å². The Morgan fingerprint density at radius 1 is 1.45 bits per heavy atom. The van der Waals surface area contributed by atoms with Gasteiger partial charge in [-0.25, -0.2) is 4.98 Å². The Hall–Kier alpha value is -1.53. The Morgan fingerprint density at radius 2 is 2.15 bits per heavy atom. The first-order chi connectivity index (χ1) is 9.40. The van der Waals surface area contributed by atoms with E-state index in [0.29, 0.717) is 16.5 Å². The van der Waals surface area contributed by atoms with E-state index in [1.54, 1.807) is 12.1 Å². The summed E-state index contributed by atoms with van der Waals surface area (Å²) < 4.78 is 0.826. The molecule has 1 atom stereocenters. The summed E-state index contributed by atoms with van der Waals surface area (Å²) >= 11 is 3.36. The zero-order valence-corrected chi connectivity index (χ0v) is 12.8. The van der Waals surface area contributed by atoms with E-state index >= 15 is 0 Å². The Kier molecular flexibility index (Phi) is 4.35. The van der Waals surface area contributed by atoms with Gasteiger partial charge in [0, 0.05) is 21.8 Å². The summed E-state index contributed by atoms with van der Waals surface area (Å²) in [4.78, 5) is 14.8. The number of hydrogen-bond donors (Lipinski definition) is 1. The van der Waals surface area contributed by atoms with Crippen molar-refractivity contribution < 1.29 is 10.0 Å². The van der Waals surface area contributed by atoms with Crippen LogP contribution in [0.3, 0.4) is 0 Å². The molecule has 1 N–H and O–H groups in total. The van der Waals surface area contributed by atoms with Gasteiger partial charge >= 0.3 is 0 Å². The number of aliphatic hydroxyl groups is 1. The minimum absolute atomic E-state index is 0.0324. The fraction of sp³-hybridized carbons (Fsp3) is 0.357. The summed E-state index contributed by atoms with van der Waals surface area (Å²) in [5.41, 5.74) is 1.17. The van der Waals surface area contributed by atoms with Gasteiger partial charge in [-0.2, -0.15) is 0 Å². The number of fused-ring (bicyclic) bond motifs is 1. The Balaban J connectivity index is 2.64. The highest BCUT2D eigenvalue weighted by Crippen LogP contribution is 2.30. The van der Waals surface area contributed by atoms with E-state index in [-0.39, 0.29) is 18.0 Å². The molecule has 0 aliphatic rings. The lowest BCUT2D eigenvalue weighted by Crippen LogP contribution is -2.18. The summed E-state index contributed by atoms with van der Waals surface area (Å²) in [5, 5.41) is 21.9. The number of benzene rings is 1. The van der Waals surface area contributed by atoms with Gasteiger partial charge in [0.1, 0.15) is 6.20 Å². The fourth-order valence-corrected chi connectivity index (χ4v) is 2.39. The van der Waals surface area contributed by atoms with Crippen LogP contribution in [0.1, 0.15) is 19.4 Å². The van der Waals surface area contributed by atoms with Gasteiger partial charge < -0.3 is 5.11 Å². The largest absolute Gasteiger partial charge is 0.393 e. The normalized spacial score (nSPS) is 12.8. The molecular weight excluding hydrogens is 324 g/mol. The van der Waals surface area contributed by atoms with Gasteiger partial charge in [-0.3, -0.25) is 10.1 Å². The first-order valence-electron chi connectivity index (χ1n) is 6.29. The molecular formula is C14H15BrN2O3. The summed E-state index contributed by atoms with van der Waals surface area (Å²) in [6.07, 6.45) is 0.875. The SMILES string of the molecule is CC(C)C(O)Cc1c([N+](=O)[O-])cnc2ccc(Br)cc12. The molecule has 0 radical (unpaired) electrons. The van der Waals surface area contributed by atoms with Crippen LogP contribution in [0.2, 0.25) is 0 Å². The summed E-state index contributed by atoms with van der Waals surface area (Å²) in [6, 6.07) is 5.44. The van der Waals surface area contributed by atoms with Crippen LogP contribution in [0, 0.1) is 16.0 Å². The van der Waals surface area contributed by atoms with Crippen LogP contribution in [-0.4, -0.2) is 21.1 Å². The molecule has 0 spiro atoms. The number of rotatable bonds is 4. The van der Waals surface area contributed by atoms with Gasteiger partial charge in [-0.15, -0.1) is 0 Å². The standard InChI is InChI=1S/C14H15BrN2O3/c1-8(2)14(18)6-11-10-5-9(15)3-4-12(10)16-7-13(11)17(19)20/h3-5,7-8,14,18H,6H2,1-2H3. The number of aliphatic hydroxyl groups excluding tert-OH is 1. The maximum absolute atomic E-state index is 11.2. The molecule has 0 aliphatic heterocycles. The first-order valence-corrected chi connectivity index (χ1v) is 7.09. The number of nitro groups is 1. The van der Waals surface area contributed by atoms with Crippen molar-refractivity contribution >= 4 is 32.5 Å². The second-order valence-electron chi connectivity index (χ2n) is 5.06. The van der Waals surface area contributed by atoms with E-state index in [1.807, 2.05) is 19.9 Å². The predicted molar refractivity (Wildman–Crippen MR) is 80.6 cm³/mol. The summed E-state index contributed by atoms with van der Waals surface area (Å²) in [6.45, 7) is 3.77. The molecule has 6 heteroatoms. The molecule has 0 bridgehead atoms. The predicted octanol–water partition coefficient (Wildman–Crippen LogP) is 3.46. The third-order valence-corrected chi connectivity index (χ3v) is 3.79. The van der Waals surface area contributed by atoms with Gasteiger partial charge in [-0.1, -0.05) is 29.8 Å². The molecule has 1 heterocycles. The lowest BCUT2D eigenvalue weighted by Gasteiger charge is -2.15. The second kappa shape index (κ2) is 5.85. The Labute approximate surface area is 124 Å². The molecule has 1 unspecified atom stereocenters. The van der Waals surface area contributed by atoms with Crippen molar-refractivity contribution in [3.05, 3.63) is 44.5 Å². The molecule has 0 amide bonds. The van der Waals surface area contributed by atoms with Crippen molar-refractivity contribution in [3.63, 3.8) is 0 Å². The van der Waals surface area contributed by atoms with Crippen LogP contribution >= 0.6 is 15.9 Å². The molecule has 1 aromatic carbocycles. The minimum Gasteiger partial charge on any atom is -0.393 e. The highest BCUT2D eigenvalue weighted by molar-refractivity contribution is 9.10. The van der Waals surface area contributed by atoms with Crippen molar-refractivity contribution in [1.29, 1.82) is 0 Å². The lowest BCUT2D eigenvalue weighted by atomic mass is 9.96.